The summed E-state index contributed by atoms with van der Waals surface area (Å²) >= 11 is 0. The fourth-order valence-electron chi connectivity index (χ4n) is 2.65. The van der Waals surface area contributed by atoms with Crippen LogP contribution in [0.4, 0.5) is 4.79 Å². The van der Waals surface area contributed by atoms with Crippen molar-refractivity contribution in [1.29, 1.82) is 0 Å². The van der Waals surface area contributed by atoms with Crippen molar-refractivity contribution in [3.8, 4) is 0 Å². The topological polar surface area (TPSA) is 84.9 Å². The van der Waals surface area contributed by atoms with E-state index in [4.69, 9.17) is 4.74 Å². The molecular formula is C13H23NO5. The Hall–Kier alpha value is -1.30. The number of carboxylic acids is 1. The SMILES string of the molecule is CCCC1C[C@@H]([C@H](NC(=O)OC)C(=O)O)C[C@@H](C)O1. The molecule has 0 radical (unpaired) electrons. The van der Waals surface area contributed by atoms with Gasteiger partial charge in [0.25, 0.3) is 0 Å². The van der Waals surface area contributed by atoms with E-state index in [1.807, 2.05) is 6.92 Å². The van der Waals surface area contributed by atoms with Crippen molar-refractivity contribution in [3.05, 3.63) is 0 Å². The highest BCUT2D eigenvalue weighted by atomic mass is 16.5. The normalized spacial score (nSPS) is 28.5. The number of rotatable bonds is 5. The number of carbonyl (C=O) groups excluding carboxylic acids is 1. The predicted octanol–water partition coefficient (Wildman–Crippen LogP) is 1.78. The molecular weight excluding hydrogens is 250 g/mol. The van der Waals surface area contributed by atoms with Crippen LogP contribution in [0.1, 0.15) is 39.5 Å². The summed E-state index contributed by atoms with van der Waals surface area (Å²) in [6.07, 6.45) is 2.55. The number of carboxylic acid groups (broad SMARTS) is 1. The van der Waals surface area contributed by atoms with Crippen molar-refractivity contribution in [3.63, 3.8) is 0 Å². The van der Waals surface area contributed by atoms with Crippen molar-refractivity contribution in [1.82, 2.24) is 5.32 Å². The Kier molecular flexibility index (Phi) is 6.08. The lowest BCUT2D eigenvalue weighted by Gasteiger charge is -2.36. The number of ether oxygens (including phenoxy) is 2. The third kappa shape index (κ3) is 4.70. The number of nitrogens with one attached hydrogen (secondary N) is 1. The van der Waals surface area contributed by atoms with Gasteiger partial charge >= 0.3 is 12.1 Å². The standard InChI is InChI=1S/C13H23NO5/c1-4-5-10-7-9(6-8(2)19-10)11(12(15)16)14-13(17)18-3/h8-11H,4-7H2,1-3H3,(H,14,17)(H,15,16)/t8-,9+,10?,11+/m1/s1. The molecule has 1 saturated heterocycles. The van der Waals surface area contributed by atoms with E-state index in [9.17, 15) is 14.7 Å². The molecule has 6 nitrogen and oxygen atoms in total. The van der Waals surface area contributed by atoms with Gasteiger partial charge in [0.1, 0.15) is 6.04 Å². The number of carbonyl (C=O) groups is 2. The van der Waals surface area contributed by atoms with Gasteiger partial charge in [0.05, 0.1) is 19.3 Å². The predicted molar refractivity (Wildman–Crippen MR) is 68.9 cm³/mol. The zero-order valence-electron chi connectivity index (χ0n) is 11.7. The second kappa shape index (κ2) is 7.33. The second-order valence-corrected chi connectivity index (χ2v) is 5.04. The fourth-order valence-corrected chi connectivity index (χ4v) is 2.65. The highest BCUT2D eigenvalue weighted by Crippen LogP contribution is 2.29. The van der Waals surface area contributed by atoms with Crippen molar-refractivity contribution in [2.75, 3.05) is 7.11 Å². The zero-order valence-corrected chi connectivity index (χ0v) is 11.7. The second-order valence-electron chi connectivity index (χ2n) is 5.04. The smallest absolute Gasteiger partial charge is 0.407 e. The first-order valence-corrected chi connectivity index (χ1v) is 6.70. The number of amides is 1. The van der Waals surface area contributed by atoms with Crippen LogP contribution in [0.25, 0.3) is 0 Å². The van der Waals surface area contributed by atoms with Crippen molar-refractivity contribution >= 4 is 12.1 Å². The van der Waals surface area contributed by atoms with Crippen LogP contribution >= 0.6 is 0 Å². The quantitative estimate of drug-likeness (QED) is 0.797. The molecule has 1 heterocycles. The van der Waals surface area contributed by atoms with Gasteiger partial charge in [0, 0.05) is 0 Å². The molecule has 1 aliphatic heterocycles. The molecule has 110 valence electrons. The maximum Gasteiger partial charge on any atom is 0.407 e. The average molecular weight is 273 g/mol. The van der Waals surface area contributed by atoms with Crippen LogP contribution in [0.2, 0.25) is 0 Å². The van der Waals surface area contributed by atoms with E-state index in [1.165, 1.54) is 7.11 Å². The lowest BCUT2D eigenvalue weighted by Crippen LogP contribution is -2.49. The van der Waals surface area contributed by atoms with Gasteiger partial charge < -0.3 is 19.9 Å². The van der Waals surface area contributed by atoms with Gasteiger partial charge in [-0.3, -0.25) is 0 Å². The van der Waals surface area contributed by atoms with Gasteiger partial charge in [-0.15, -0.1) is 0 Å². The van der Waals surface area contributed by atoms with Crippen LogP contribution < -0.4 is 5.32 Å². The first kappa shape index (κ1) is 15.8. The molecule has 0 aromatic heterocycles. The Balaban J connectivity index is 2.71. The molecule has 1 unspecified atom stereocenters. The molecule has 19 heavy (non-hydrogen) atoms. The zero-order chi connectivity index (χ0) is 14.4. The lowest BCUT2D eigenvalue weighted by molar-refractivity contribution is -0.144. The van der Waals surface area contributed by atoms with Crippen molar-refractivity contribution in [2.45, 2.75) is 57.8 Å². The minimum atomic E-state index is -1.03. The van der Waals surface area contributed by atoms with Crippen LogP contribution in [0.15, 0.2) is 0 Å². The van der Waals surface area contributed by atoms with Gasteiger partial charge in [-0.25, -0.2) is 9.59 Å². The summed E-state index contributed by atoms with van der Waals surface area (Å²) < 4.78 is 10.3. The summed E-state index contributed by atoms with van der Waals surface area (Å²) in [5.41, 5.74) is 0. The largest absolute Gasteiger partial charge is 0.480 e. The van der Waals surface area contributed by atoms with Crippen LogP contribution in [-0.2, 0) is 14.3 Å². The molecule has 1 aliphatic rings. The highest BCUT2D eigenvalue weighted by Gasteiger charge is 2.36. The van der Waals surface area contributed by atoms with E-state index in [0.29, 0.717) is 12.8 Å². The van der Waals surface area contributed by atoms with E-state index < -0.39 is 18.1 Å². The van der Waals surface area contributed by atoms with Gasteiger partial charge in [-0.2, -0.15) is 0 Å². The van der Waals surface area contributed by atoms with Gasteiger partial charge in [0.2, 0.25) is 0 Å². The molecule has 0 bridgehead atoms. The fraction of sp³-hybridized carbons (Fsp3) is 0.846. The maximum absolute atomic E-state index is 11.3. The van der Waals surface area contributed by atoms with Crippen LogP contribution in [0, 0.1) is 5.92 Å². The Labute approximate surface area is 113 Å². The number of methoxy groups -OCH3 is 1. The average Bonchev–Trinajstić information content (AvgIpc) is 2.34. The summed E-state index contributed by atoms with van der Waals surface area (Å²) in [5.74, 6) is -1.16. The molecule has 0 aliphatic carbocycles. The number of alkyl carbamates (subject to hydrolysis) is 1. The Morgan fingerprint density at radius 3 is 2.68 bits per heavy atom. The molecule has 4 atom stereocenters. The van der Waals surface area contributed by atoms with E-state index in [2.05, 4.69) is 17.0 Å². The first-order valence-electron chi connectivity index (χ1n) is 6.70. The molecule has 2 N–H and O–H groups in total. The van der Waals surface area contributed by atoms with Crippen molar-refractivity contribution in [2.24, 2.45) is 5.92 Å². The Bertz CT molecular complexity index is 320. The molecule has 1 amide bonds. The summed E-state index contributed by atoms with van der Waals surface area (Å²) in [5, 5.41) is 11.7. The summed E-state index contributed by atoms with van der Waals surface area (Å²) in [7, 11) is 1.22. The van der Waals surface area contributed by atoms with E-state index in [-0.39, 0.29) is 18.1 Å². The summed E-state index contributed by atoms with van der Waals surface area (Å²) in [6.45, 7) is 4.00. The minimum absolute atomic E-state index is 0.0107. The van der Waals surface area contributed by atoms with E-state index in [1.54, 1.807) is 0 Å². The molecule has 6 heteroatoms. The summed E-state index contributed by atoms with van der Waals surface area (Å²) in [4.78, 5) is 22.5. The maximum atomic E-state index is 11.3. The number of aliphatic carboxylic acids is 1. The third-order valence-corrected chi connectivity index (χ3v) is 3.43. The monoisotopic (exact) mass is 273 g/mol. The highest BCUT2D eigenvalue weighted by molar-refractivity contribution is 5.80. The van der Waals surface area contributed by atoms with E-state index in [0.717, 1.165) is 12.8 Å². The van der Waals surface area contributed by atoms with E-state index >= 15 is 0 Å². The molecule has 0 spiro atoms. The molecule has 1 fully saturated rings. The van der Waals surface area contributed by atoms with Crippen molar-refractivity contribution < 1.29 is 24.2 Å². The van der Waals surface area contributed by atoms with Gasteiger partial charge in [0.15, 0.2) is 0 Å². The third-order valence-electron chi connectivity index (χ3n) is 3.43. The Morgan fingerprint density at radius 1 is 1.47 bits per heavy atom. The molecule has 0 aromatic rings. The number of hydrogen-bond acceptors (Lipinski definition) is 4. The molecule has 0 aromatic carbocycles. The van der Waals surface area contributed by atoms with Gasteiger partial charge in [-0.05, 0) is 32.1 Å². The Morgan fingerprint density at radius 2 is 2.16 bits per heavy atom. The number of hydrogen-bond donors (Lipinski definition) is 2. The minimum Gasteiger partial charge on any atom is -0.480 e. The van der Waals surface area contributed by atoms with Gasteiger partial charge in [-0.1, -0.05) is 13.3 Å². The van der Waals surface area contributed by atoms with Crippen LogP contribution in [0.3, 0.4) is 0 Å². The van der Waals surface area contributed by atoms with Crippen LogP contribution in [0.5, 0.6) is 0 Å². The lowest BCUT2D eigenvalue weighted by atomic mass is 9.85. The molecule has 0 saturated carbocycles. The molecule has 1 rings (SSSR count). The summed E-state index contributed by atoms with van der Waals surface area (Å²) in [6, 6.07) is -0.918. The van der Waals surface area contributed by atoms with Crippen LogP contribution in [-0.4, -0.2) is 42.5 Å². The first-order chi connectivity index (χ1) is 8.97.